The number of carbonyl (C=O) groups excluding carboxylic acids is 3. The summed E-state index contributed by atoms with van der Waals surface area (Å²) >= 11 is 8.64. The molecule has 0 aliphatic carbocycles. The highest BCUT2D eigenvalue weighted by Crippen LogP contribution is 2.28. The number of rotatable bonds is 6. The second kappa shape index (κ2) is 10.8. The lowest BCUT2D eigenvalue weighted by atomic mass is 10.1. The maximum Gasteiger partial charge on any atom is 0.270 e. The van der Waals surface area contributed by atoms with E-state index in [2.05, 4.69) is 26.6 Å². The van der Waals surface area contributed by atoms with Crippen molar-refractivity contribution in [3.05, 3.63) is 93.5 Å². The molecule has 4 rings (SSSR count). The number of aryl methyl sites for hydroxylation is 2. The number of nitrogens with one attached hydrogen (secondary N) is 2. The third kappa shape index (κ3) is 5.69. The van der Waals surface area contributed by atoms with E-state index in [-0.39, 0.29) is 23.2 Å². The summed E-state index contributed by atoms with van der Waals surface area (Å²) in [4.78, 5) is 39.7. The lowest BCUT2D eigenvalue weighted by molar-refractivity contribution is -0.122. The van der Waals surface area contributed by atoms with Gasteiger partial charge < -0.3 is 10.1 Å². The van der Waals surface area contributed by atoms with E-state index >= 15 is 0 Å². The van der Waals surface area contributed by atoms with Crippen LogP contribution in [-0.2, 0) is 14.4 Å². The van der Waals surface area contributed by atoms with Gasteiger partial charge in [-0.3, -0.25) is 24.6 Å². The average molecular weight is 564 g/mol. The Kier molecular flexibility index (Phi) is 7.61. The van der Waals surface area contributed by atoms with E-state index in [1.54, 1.807) is 42.5 Å². The third-order valence-corrected chi connectivity index (χ3v) is 6.32. The van der Waals surface area contributed by atoms with Crippen molar-refractivity contribution in [2.45, 2.75) is 13.8 Å². The molecule has 0 saturated carbocycles. The van der Waals surface area contributed by atoms with Crippen molar-refractivity contribution in [1.29, 1.82) is 0 Å². The largest absolute Gasteiger partial charge is 0.483 e. The number of hydrogen-bond acceptors (Lipinski definition) is 5. The van der Waals surface area contributed by atoms with Crippen LogP contribution in [0.5, 0.6) is 5.75 Å². The van der Waals surface area contributed by atoms with Crippen molar-refractivity contribution in [3.8, 4) is 5.75 Å². The van der Waals surface area contributed by atoms with Gasteiger partial charge in [-0.1, -0.05) is 40.2 Å². The summed E-state index contributed by atoms with van der Waals surface area (Å²) in [5.74, 6) is -1.18. The average Bonchev–Trinajstić information content (AvgIpc) is 2.84. The third-order valence-electron chi connectivity index (χ3n) is 5.54. The van der Waals surface area contributed by atoms with Crippen molar-refractivity contribution in [3.63, 3.8) is 0 Å². The number of carbonyl (C=O) groups is 3. The summed E-state index contributed by atoms with van der Waals surface area (Å²) < 4.78 is 6.47. The molecular formula is C27H22BrN3O4S. The number of hydrogen-bond donors (Lipinski definition) is 2. The maximum atomic E-state index is 13.3. The van der Waals surface area contributed by atoms with Crippen molar-refractivity contribution in [2.75, 3.05) is 16.8 Å². The Morgan fingerprint density at radius 3 is 2.53 bits per heavy atom. The number of amides is 3. The molecule has 0 spiro atoms. The van der Waals surface area contributed by atoms with E-state index in [4.69, 9.17) is 17.0 Å². The molecule has 36 heavy (non-hydrogen) atoms. The predicted molar refractivity (Wildman–Crippen MR) is 147 cm³/mol. The molecule has 1 heterocycles. The zero-order valence-electron chi connectivity index (χ0n) is 19.5. The van der Waals surface area contributed by atoms with E-state index < -0.39 is 11.8 Å². The standard InChI is InChI=1S/C27H22BrN3O4S/c1-16-8-10-20(12-17(16)2)29-24(32)15-35-23-11-9-19(28)13-18(23)14-22-25(33)30-27(36)31(26(22)34)21-6-4-3-5-7-21/h3-14H,15H2,1-2H3,(H,29,32)(H,30,33,36)/b22-14-. The Morgan fingerprint density at radius 1 is 1.06 bits per heavy atom. The second-order valence-corrected chi connectivity index (χ2v) is 9.41. The highest BCUT2D eigenvalue weighted by atomic mass is 79.9. The second-order valence-electron chi connectivity index (χ2n) is 8.11. The van der Waals surface area contributed by atoms with Gasteiger partial charge in [0.2, 0.25) is 0 Å². The first-order chi connectivity index (χ1) is 17.2. The molecule has 1 fully saturated rings. The van der Waals surface area contributed by atoms with Crippen molar-refractivity contribution < 1.29 is 19.1 Å². The highest BCUT2D eigenvalue weighted by molar-refractivity contribution is 9.10. The minimum atomic E-state index is -0.615. The smallest absolute Gasteiger partial charge is 0.270 e. The van der Waals surface area contributed by atoms with E-state index in [1.165, 1.54) is 11.0 Å². The van der Waals surface area contributed by atoms with Gasteiger partial charge in [0.15, 0.2) is 11.7 Å². The molecule has 1 saturated heterocycles. The zero-order chi connectivity index (χ0) is 25.8. The molecule has 3 amide bonds. The minimum Gasteiger partial charge on any atom is -0.483 e. The first kappa shape index (κ1) is 25.3. The topological polar surface area (TPSA) is 87.7 Å². The molecule has 0 aromatic heterocycles. The fourth-order valence-corrected chi connectivity index (χ4v) is 4.21. The summed E-state index contributed by atoms with van der Waals surface area (Å²) in [6.45, 7) is 3.71. The molecule has 1 aliphatic heterocycles. The van der Waals surface area contributed by atoms with Crippen LogP contribution in [0.1, 0.15) is 16.7 Å². The number of halogens is 1. The Bertz CT molecular complexity index is 1410. The van der Waals surface area contributed by atoms with Crippen LogP contribution < -0.4 is 20.3 Å². The molecule has 9 heteroatoms. The van der Waals surface area contributed by atoms with Crippen LogP contribution in [0.2, 0.25) is 0 Å². The van der Waals surface area contributed by atoms with Gasteiger partial charge in [0.25, 0.3) is 17.7 Å². The Labute approximate surface area is 222 Å². The van der Waals surface area contributed by atoms with Crippen LogP contribution in [0.15, 0.2) is 76.8 Å². The molecule has 3 aromatic carbocycles. The molecule has 0 atom stereocenters. The van der Waals surface area contributed by atoms with E-state index in [9.17, 15) is 14.4 Å². The minimum absolute atomic E-state index is 0.00193. The lowest BCUT2D eigenvalue weighted by Gasteiger charge is -2.29. The lowest BCUT2D eigenvalue weighted by Crippen LogP contribution is -2.54. The Morgan fingerprint density at radius 2 is 1.81 bits per heavy atom. The highest BCUT2D eigenvalue weighted by Gasteiger charge is 2.34. The molecule has 2 N–H and O–H groups in total. The number of benzene rings is 3. The molecule has 0 bridgehead atoms. The van der Waals surface area contributed by atoms with Crippen LogP contribution in [0, 0.1) is 13.8 Å². The van der Waals surface area contributed by atoms with Gasteiger partial charge in [0, 0.05) is 15.7 Å². The van der Waals surface area contributed by atoms with Gasteiger partial charge in [-0.15, -0.1) is 0 Å². The van der Waals surface area contributed by atoms with Crippen molar-refractivity contribution in [1.82, 2.24) is 5.32 Å². The van der Waals surface area contributed by atoms with Crippen molar-refractivity contribution >= 4 is 68.4 Å². The maximum absolute atomic E-state index is 13.3. The predicted octanol–water partition coefficient (Wildman–Crippen LogP) is 4.91. The van der Waals surface area contributed by atoms with Crippen LogP contribution in [-0.4, -0.2) is 29.4 Å². The van der Waals surface area contributed by atoms with Crippen molar-refractivity contribution in [2.24, 2.45) is 0 Å². The number of ether oxygens (including phenoxy) is 1. The molecule has 1 aliphatic rings. The van der Waals surface area contributed by atoms with Gasteiger partial charge >= 0.3 is 0 Å². The zero-order valence-corrected chi connectivity index (χ0v) is 21.9. The van der Waals surface area contributed by atoms with Gasteiger partial charge in [0.05, 0.1) is 5.69 Å². The van der Waals surface area contributed by atoms with Crippen LogP contribution >= 0.6 is 28.1 Å². The number of thiocarbonyl (C=S) groups is 1. The van der Waals surface area contributed by atoms with Gasteiger partial charge in [0.1, 0.15) is 11.3 Å². The van der Waals surface area contributed by atoms with Crippen LogP contribution in [0.25, 0.3) is 6.08 Å². The molecule has 0 unspecified atom stereocenters. The van der Waals surface area contributed by atoms with Gasteiger partial charge in [-0.25, -0.2) is 0 Å². The number of anilines is 2. The van der Waals surface area contributed by atoms with E-state index in [1.807, 2.05) is 38.1 Å². The first-order valence-electron chi connectivity index (χ1n) is 11.0. The molecular weight excluding hydrogens is 542 g/mol. The molecule has 3 aromatic rings. The summed E-state index contributed by atoms with van der Waals surface area (Å²) in [5.41, 5.74) is 3.73. The monoisotopic (exact) mass is 563 g/mol. The number of para-hydroxylation sites is 1. The van der Waals surface area contributed by atoms with E-state index in [0.29, 0.717) is 27.2 Å². The van der Waals surface area contributed by atoms with Crippen LogP contribution in [0.4, 0.5) is 11.4 Å². The molecule has 7 nitrogen and oxygen atoms in total. The quantitative estimate of drug-likeness (QED) is 0.252. The van der Waals surface area contributed by atoms with E-state index in [0.717, 1.165) is 11.1 Å². The first-order valence-corrected chi connectivity index (χ1v) is 12.2. The van der Waals surface area contributed by atoms with Crippen LogP contribution in [0.3, 0.4) is 0 Å². The summed E-state index contributed by atoms with van der Waals surface area (Å²) in [6, 6.07) is 19.6. The summed E-state index contributed by atoms with van der Waals surface area (Å²) in [5, 5.41) is 5.37. The van der Waals surface area contributed by atoms with Gasteiger partial charge in [-0.2, -0.15) is 0 Å². The Balaban J connectivity index is 1.56. The summed E-state index contributed by atoms with van der Waals surface area (Å²) in [7, 11) is 0. The summed E-state index contributed by atoms with van der Waals surface area (Å²) in [6.07, 6.45) is 1.43. The fraction of sp³-hybridized carbons (Fsp3) is 0.111. The SMILES string of the molecule is Cc1ccc(NC(=O)COc2ccc(Br)cc2/C=C2/C(=O)NC(=S)N(c3ccccc3)C2=O)cc1C. The normalized spacial score (nSPS) is 14.6. The molecule has 182 valence electrons. The van der Waals surface area contributed by atoms with Gasteiger partial charge in [-0.05, 0) is 85.7 Å². The number of nitrogens with zero attached hydrogens (tertiary/aromatic N) is 1. The fourth-order valence-electron chi connectivity index (χ4n) is 3.55. The Hall–Kier alpha value is -3.82. The molecule has 0 radical (unpaired) electrons.